The van der Waals surface area contributed by atoms with E-state index in [9.17, 15) is 0 Å². The Hall–Kier alpha value is -0.940. The lowest BCUT2D eigenvalue weighted by Gasteiger charge is -2.10. The molecule has 18 heavy (non-hydrogen) atoms. The molecule has 0 unspecified atom stereocenters. The van der Waals surface area contributed by atoms with Gasteiger partial charge in [0.25, 0.3) is 0 Å². The summed E-state index contributed by atoms with van der Waals surface area (Å²) in [5.41, 5.74) is 2.50. The average Bonchev–Trinajstić information content (AvgIpc) is 2.40. The number of ether oxygens (including phenoxy) is 3. The van der Waals surface area contributed by atoms with Crippen LogP contribution < -0.4 is 5.32 Å². The van der Waals surface area contributed by atoms with Gasteiger partial charge in [0.15, 0.2) is 0 Å². The highest BCUT2D eigenvalue weighted by atomic mass is 16.5. The summed E-state index contributed by atoms with van der Waals surface area (Å²) in [6.07, 6.45) is 0. The molecule has 102 valence electrons. The van der Waals surface area contributed by atoms with Crippen LogP contribution in [0.5, 0.6) is 0 Å². The van der Waals surface area contributed by atoms with E-state index in [1.54, 1.807) is 14.2 Å². The SMILES string of the molecule is COCCOCCNCc1ccccc1COC. The number of methoxy groups -OCH3 is 2. The van der Waals surface area contributed by atoms with Crippen LogP contribution in [0.15, 0.2) is 24.3 Å². The van der Waals surface area contributed by atoms with Crippen molar-refractivity contribution in [2.24, 2.45) is 0 Å². The Morgan fingerprint density at radius 1 is 0.944 bits per heavy atom. The van der Waals surface area contributed by atoms with Gasteiger partial charge in [-0.3, -0.25) is 0 Å². The molecule has 1 aromatic rings. The molecule has 1 rings (SSSR count). The predicted octanol–water partition coefficient (Wildman–Crippen LogP) is 1.59. The lowest BCUT2D eigenvalue weighted by molar-refractivity contribution is 0.0719. The molecule has 0 aliphatic heterocycles. The highest BCUT2D eigenvalue weighted by molar-refractivity contribution is 5.26. The third-order valence-electron chi connectivity index (χ3n) is 2.59. The van der Waals surface area contributed by atoms with Gasteiger partial charge in [-0.05, 0) is 11.1 Å². The van der Waals surface area contributed by atoms with E-state index >= 15 is 0 Å². The van der Waals surface area contributed by atoms with Crippen LogP contribution in [0.4, 0.5) is 0 Å². The Morgan fingerprint density at radius 3 is 2.44 bits per heavy atom. The summed E-state index contributed by atoms with van der Waals surface area (Å²) in [7, 11) is 3.39. The van der Waals surface area contributed by atoms with E-state index in [4.69, 9.17) is 14.2 Å². The van der Waals surface area contributed by atoms with Crippen LogP contribution in [0.25, 0.3) is 0 Å². The Balaban J connectivity index is 2.18. The minimum Gasteiger partial charge on any atom is -0.382 e. The monoisotopic (exact) mass is 253 g/mol. The fourth-order valence-corrected chi connectivity index (χ4v) is 1.64. The summed E-state index contributed by atoms with van der Waals surface area (Å²) in [5, 5.41) is 3.36. The molecule has 0 saturated carbocycles. The van der Waals surface area contributed by atoms with Gasteiger partial charge in [-0.1, -0.05) is 24.3 Å². The molecule has 1 aromatic carbocycles. The van der Waals surface area contributed by atoms with Crippen molar-refractivity contribution in [3.63, 3.8) is 0 Å². The van der Waals surface area contributed by atoms with Gasteiger partial charge in [0.2, 0.25) is 0 Å². The van der Waals surface area contributed by atoms with E-state index in [0.29, 0.717) is 26.4 Å². The molecular weight excluding hydrogens is 230 g/mol. The Bertz CT molecular complexity index is 318. The van der Waals surface area contributed by atoms with Crippen molar-refractivity contribution in [3.8, 4) is 0 Å². The number of benzene rings is 1. The topological polar surface area (TPSA) is 39.7 Å². The van der Waals surface area contributed by atoms with Crippen molar-refractivity contribution in [3.05, 3.63) is 35.4 Å². The first-order chi connectivity index (χ1) is 8.88. The molecule has 4 nitrogen and oxygen atoms in total. The van der Waals surface area contributed by atoms with E-state index in [-0.39, 0.29) is 0 Å². The maximum absolute atomic E-state index is 5.38. The summed E-state index contributed by atoms with van der Waals surface area (Å²) in [5.74, 6) is 0. The molecule has 0 amide bonds. The zero-order valence-electron chi connectivity index (χ0n) is 11.3. The molecule has 0 fully saturated rings. The highest BCUT2D eigenvalue weighted by Gasteiger charge is 2.00. The molecule has 0 bridgehead atoms. The molecule has 4 heteroatoms. The highest BCUT2D eigenvalue weighted by Crippen LogP contribution is 2.09. The second-order valence-electron chi connectivity index (χ2n) is 3.98. The lowest BCUT2D eigenvalue weighted by atomic mass is 10.1. The largest absolute Gasteiger partial charge is 0.382 e. The maximum atomic E-state index is 5.38. The third-order valence-corrected chi connectivity index (χ3v) is 2.59. The van der Waals surface area contributed by atoms with Crippen molar-refractivity contribution in [1.82, 2.24) is 5.32 Å². The molecule has 0 aliphatic rings. The van der Waals surface area contributed by atoms with Crippen molar-refractivity contribution < 1.29 is 14.2 Å². The van der Waals surface area contributed by atoms with Crippen molar-refractivity contribution >= 4 is 0 Å². The van der Waals surface area contributed by atoms with Crippen LogP contribution in [0, 0.1) is 0 Å². The summed E-state index contributed by atoms with van der Waals surface area (Å²) in [6.45, 7) is 4.34. The number of nitrogens with one attached hydrogen (secondary N) is 1. The zero-order valence-corrected chi connectivity index (χ0v) is 11.3. The number of hydrogen-bond acceptors (Lipinski definition) is 4. The fraction of sp³-hybridized carbons (Fsp3) is 0.571. The van der Waals surface area contributed by atoms with Gasteiger partial charge in [0, 0.05) is 27.3 Å². The van der Waals surface area contributed by atoms with Crippen molar-refractivity contribution in [1.29, 1.82) is 0 Å². The van der Waals surface area contributed by atoms with Gasteiger partial charge >= 0.3 is 0 Å². The van der Waals surface area contributed by atoms with Crippen LogP contribution in [0.3, 0.4) is 0 Å². The van der Waals surface area contributed by atoms with Gasteiger partial charge in [-0.2, -0.15) is 0 Å². The fourth-order valence-electron chi connectivity index (χ4n) is 1.64. The number of rotatable bonds is 10. The molecule has 0 radical (unpaired) electrons. The summed E-state index contributed by atoms with van der Waals surface area (Å²) >= 11 is 0. The van der Waals surface area contributed by atoms with Gasteiger partial charge in [0.1, 0.15) is 0 Å². The van der Waals surface area contributed by atoms with Gasteiger partial charge in [-0.15, -0.1) is 0 Å². The van der Waals surface area contributed by atoms with Gasteiger partial charge < -0.3 is 19.5 Å². The third kappa shape index (κ3) is 6.12. The Labute approximate surface area is 109 Å². The lowest BCUT2D eigenvalue weighted by Crippen LogP contribution is -2.20. The quantitative estimate of drug-likeness (QED) is 0.643. The van der Waals surface area contributed by atoms with Crippen LogP contribution in [0.2, 0.25) is 0 Å². The maximum Gasteiger partial charge on any atom is 0.0716 e. The average molecular weight is 253 g/mol. The predicted molar refractivity (Wildman–Crippen MR) is 71.6 cm³/mol. The first-order valence-corrected chi connectivity index (χ1v) is 6.21. The summed E-state index contributed by atoms with van der Waals surface area (Å²) < 4.78 is 15.5. The Morgan fingerprint density at radius 2 is 1.72 bits per heavy atom. The van der Waals surface area contributed by atoms with E-state index in [1.807, 2.05) is 12.1 Å². The van der Waals surface area contributed by atoms with E-state index in [1.165, 1.54) is 11.1 Å². The van der Waals surface area contributed by atoms with E-state index in [0.717, 1.165) is 13.1 Å². The molecule has 0 heterocycles. The van der Waals surface area contributed by atoms with E-state index in [2.05, 4.69) is 17.4 Å². The minimum atomic E-state index is 0.649. The first kappa shape index (κ1) is 15.1. The molecule has 0 aromatic heterocycles. The van der Waals surface area contributed by atoms with Crippen molar-refractivity contribution in [2.75, 3.05) is 40.6 Å². The smallest absolute Gasteiger partial charge is 0.0716 e. The molecule has 0 aliphatic carbocycles. The normalized spacial score (nSPS) is 10.8. The molecule has 0 atom stereocenters. The zero-order chi connectivity index (χ0) is 13.1. The van der Waals surface area contributed by atoms with Crippen LogP contribution in [0.1, 0.15) is 11.1 Å². The molecular formula is C14H23NO3. The molecule has 0 saturated heterocycles. The summed E-state index contributed by atoms with van der Waals surface area (Å²) in [4.78, 5) is 0. The second kappa shape index (κ2) is 10.0. The van der Waals surface area contributed by atoms with Crippen LogP contribution >= 0.6 is 0 Å². The van der Waals surface area contributed by atoms with Gasteiger partial charge in [0.05, 0.1) is 26.4 Å². The van der Waals surface area contributed by atoms with Crippen LogP contribution in [-0.2, 0) is 27.4 Å². The first-order valence-electron chi connectivity index (χ1n) is 6.21. The van der Waals surface area contributed by atoms with E-state index < -0.39 is 0 Å². The minimum absolute atomic E-state index is 0.649. The molecule has 0 spiro atoms. The van der Waals surface area contributed by atoms with Crippen molar-refractivity contribution in [2.45, 2.75) is 13.2 Å². The van der Waals surface area contributed by atoms with Gasteiger partial charge in [-0.25, -0.2) is 0 Å². The second-order valence-corrected chi connectivity index (χ2v) is 3.98. The Kier molecular flexibility index (Phi) is 8.42. The summed E-state index contributed by atoms with van der Waals surface area (Å²) in [6, 6.07) is 8.29. The van der Waals surface area contributed by atoms with Crippen LogP contribution in [-0.4, -0.2) is 40.6 Å². The molecule has 1 N–H and O–H groups in total. The number of hydrogen-bond donors (Lipinski definition) is 1. The standard InChI is InChI=1S/C14H23NO3/c1-16-9-10-18-8-7-15-11-13-5-3-4-6-14(13)12-17-2/h3-6,15H,7-12H2,1-2H3.